The van der Waals surface area contributed by atoms with Crippen LogP contribution in [0.3, 0.4) is 0 Å². The Balaban J connectivity index is 2.39. The first-order chi connectivity index (χ1) is 8.25. The maximum absolute atomic E-state index is 12.0. The largest absolute Gasteiger partial charge is 0.325 e. The predicted molar refractivity (Wildman–Crippen MR) is 69.0 cm³/mol. The van der Waals surface area contributed by atoms with E-state index in [1.165, 1.54) is 5.56 Å². The molecule has 0 fully saturated rings. The number of hydrogen-bond acceptors (Lipinski definition) is 2. The number of fused-ring (bicyclic) bond motifs is 3. The topological polar surface area (TPSA) is 36.1 Å². The molecule has 1 aliphatic heterocycles. The summed E-state index contributed by atoms with van der Waals surface area (Å²) in [4.78, 5) is 17.4. The summed E-state index contributed by atoms with van der Waals surface area (Å²) in [6.07, 6.45) is 10.00. The van der Waals surface area contributed by atoms with Crippen LogP contribution in [0.15, 0.2) is 16.9 Å². The fourth-order valence-electron chi connectivity index (χ4n) is 2.59. The van der Waals surface area contributed by atoms with E-state index in [0.29, 0.717) is 0 Å². The van der Waals surface area contributed by atoms with Gasteiger partial charge in [0.15, 0.2) is 0 Å². The first-order valence-electron chi connectivity index (χ1n) is 6.05. The van der Waals surface area contributed by atoms with Crippen molar-refractivity contribution in [3.8, 4) is 0 Å². The van der Waals surface area contributed by atoms with Gasteiger partial charge in [-0.25, -0.2) is 0 Å². The Bertz CT molecular complexity index is 652. The van der Waals surface area contributed by atoms with Crippen molar-refractivity contribution in [3.63, 3.8) is 0 Å². The minimum atomic E-state index is 0.0586. The second-order valence-electron chi connectivity index (χ2n) is 4.76. The van der Waals surface area contributed by atoms with Gasteiger partial charge in [0.1, 0.15) is 0 Å². The standard InChI is InChI=1S/C14H16N2O/c1-16-8-7-13-12(9-16)10-5-3-2-4-6-11(10)14(17)15-13/h2-3,5-6H,4,7-9H2,1H3,(H,15,17). The van der Waals surface area contributed by atoms with Gasteiger partial charge in [0.05, 0.1) is 0 Å². The fourth-order valence-corrected chi connectivity index (χ4v) is 2.59. The van der Waals surface area contributed by atoms with Crippen molar-refractivity contribution in [3.05, 3.63) is 44.2 Å². The van der Waals surface area contributed by atoms with E-state index in [1.807, 2.05) is 6.08 Å². The average molecular weight is 228 g/mol. The molecular formula is C14H16N2O. The zero-order chi connectivity index (χ0) is 11.8. The minimum absolute atomic E-state index is 0.0586. The van der Waals surface area contributed by atoms with Crippen LogP contribution in [-0.4, -0.2) is 23.5 Å². The molecule has 1 aliphatic carbocycles. The number of hydrogen-bond donors (Lipinski definition) is 1. The lowest BCUT2D eigenvalue weighted by atomic mass is 10.0. The second kappa shape index (κ2) is 4.00. The highest BCUT2D eigenvalue weighted by atomic mass is 16.1. The van der Waals surface area contributed by atoms with Crippen LogP contribution in [0.2, 0.25) is 0 Å². The van der Waals surface area contributed by atoms with Gasteiger partial charge in [-0.1, -0.05) is 24.3 Å². The Labute approximate surface area is 99.8 Å². The maximum Gasteiger partial charge on any atom is 0.255 e. The van der Waals surface area contributed by atoms with Gasteiger partial charge in [-0.15, -0.1) is 0 Å². The Morgan fingerprint density at radius 1 is 1.35 bits per heavy atom. The Kier molecular flexibility index (Phi) is 2.48. The third kappa shape index (κ3) is 1.76. The van der Waals surface area contributed by atoms with Gasteiger partial charge >= 0.3 is 0 Å². The van der Waals surface area contributed by atoms with Gasteiger partial charge in [0.2, 0.25) is 0 Å². The van der Waals surface area contributed by atoms with Crippen molar-refractivity contribution in [2.24, 2.45) is 0 Å². The molecule has 0 bridgehead atoms. The molecule has 3 heteroatoms. The minimum Gasteiger partial charge on any atom is -0.325 e. The highest BCUT2D eigenvalue weighted by molar-refractivity contribution is 5.47. The molecule has 0 saturated heterocycles. The normalized spacial score (nSPS) is 18.6. The molecule has 3 nitrogen and oxygen atoms in total. The second-order valence-corrected chi connectivity index (χ2v) is 4.76. The summed E-state index contributed by atoms with van der Waals surface area (Å²) >= 11 is 0. The summed E-state index contributed by atoms with van der Waals surface area (Å²) in [6, 6.07) is 0. The van der Waals surface area contributed by atoms with Crippen LogP contribution in [0.25, 0.3) is 12.2 Å². The quantitative estimate of drug-likeness (QED) is 0.672. The number of aromatic amines is 1. The SMILES string of the molecule is CN1CCc2[nH]c(=O)c3c(c2C1)=CC=CCC=3. The molecule has 0 unspecified atom stereocenters. The van der Waals surface area contributed by atoms with Crippen LogP contribution in [0, 0.1) is 0 Å². The van der Waals surface area contributed by atoms with Crippen molar-refractivity contribution in [1.82, 2.24) is 9.88 Å². The van der Waals surface area contributed by atoms with Crippen molar-refractivity contribution in [2.75, 3.05) is 13.6 Å². The zero-order valence-corrected chi connectivity index (χ0v) is 9.99. The van der Waals surface area contributed by atoms with E-state index in [-0.39, 0.29) is 5.56 Å². The molecule has 17 heavy (non-hydrogen) atoms. The molecule has 0 amide bonds. The monoisotopic (exact) mass is 228 g/mol. The van der Waals surface area contributed by atoms with Crippen LogP contribution in [0.4, 0.5) is 0 Å². The molecule has 0 aromatic carbocycles. The highest BCUT2D eigenvalue weighted by Crippen LogP contribution is 2.09. The number of nitrogens with zero attached hydrogens (tertiary/aromatic N) is 1. The lowest BCUT2D eigenvalue weighted by Gasteiger charge is -2.24. The Morgan fingerprint density at radius 3 is 3.12 bits per heavy atom. The number of aromatic nitrogens is 1. The molecule has 3 rings (SSSR count). The molecule has 2 heterocycles. The van der Waals surface area contributed by atoms with Crippen molar-refractivity contribution < 1.29 is 0 Å². The van der Waals surface area contributed by atoms with Gasteiger partial charge in [-0.3, -0.25) is 4.79 Å². The number of likely N-dealkylation sites (N-methyl/N-ethyl adjacent to an activating group) is 1. The number of H-pyrrole nitrogens is 1. The number of pyridine rings is 1. The predicted octanol–water partition coefficient (Wildman–Crippen LogP) is -0.116. The zero-order valence-electron chi connectivity index (χ0n) is 9.99. The summed E-state index contributed by atoms with van der Waals surface area (Å²) in [6.45, 7) is 1.94. The van der Waals surface area contributed by atoms with Crippen molar-refractivity contribution in [2.45, 2.75) is 19.4 Å². The molecule has 1 aromatic heterocycles. The van der Waals surface area contributed by atoms with Gasteiger partial charge in [-0.05, 0) is 24.3 Å². The van der Waals surface area contributed by atoms with Crippen LogP contribution in [0.1, 0.15) is 17.7 Å². The first-order valence-corrected chi connectivity index (χ1v) is 6.05. The van der Waals surface area contributed by atoms with E-state index >= 15 is 0 Å². The summed E-state index contributed by atoms with van der Waals surface area (Å²) in [7, 11) is 2.12. The molecule has 0 atom stereocenters. The summed E-state index contributed by atoms with van der Waals surface area (Å²) in [5.41, 5.74) is 2.46. The van der Waals surface area contributed by atoms with Gasteiger partial charge < -0.3 is 9.88 Å². The molecule has 1 aromatic rings. The fraction of sp³-hybridized carbons (Fsp3) is 0.357. The highest BCUT2D eigenvalue weighted by Gasteiger charge is 2.16. The van der Waals surface area contributed by atoms with Gasteiger partial charge in [0.25, 0.3) is 5.56 Å². The van der Waals surface area contributed by atoms with Crippen molar-refractivity contribution >= 4 is 12.2 Å². The summed E-state index contributed by atoms with van der Waals surface area (Å²) < 4.78 is 0. The summed E-state index contributed by atoms with van der Waals surface area (Å²) in [5.74, 6) is 0. The van der Waals surface area contributed by atoms with E-state index in [0.717, 1.165) is 42.1 Å². The third-order valence-corrected chi connectivity index (χ3v) is 3.52. The third-order valence-electron chi connectivity index (χ3n) is 3.52. The maximum atomic E-state index is 12.0. The van der Waals surface area contributed by atoms with E-state index in [4.69, 9.17) is 0 Å². The van der Waals surface area contributed by atoms with E-state index in [9.17, 15) is 4.79 Å². The molecule has 1 N–H and O–H groups in total. The van der Waals surface area contributed by atoms with Gasteiger partial charge in [0, 0.05) is 30.4 Å². The Hall–Kier alpha value is -1.61. The first kappa shape index (κ1) is 10.5. The number of allylic oxidation sites excluding steroid dienone is 2. The lowest BCUT2D eigenvalue weighted by Crippen LogP contribution is -2.47. The molecule has 0 spiro atoms. The van der Waals surface area contributed by atoms with Crippen LogP contribution in [-0.2, 0) is 13.0 Å². The number of rotatable bonds is 0. The van der Waals surface area contributed by atoms with E-state index < -0.39 is 0 Å². The van der Waals surface area contributed by atoms with E-state index in [1.54, 1.807) is 0 Å². The lowest BCUT2D eigenvalue weighted by molar-refractivity contribution is 0.308. The molecule has 2 aliphatic rings. The van der Waals surface area contributed by atoms with Crippen LogP contribution in [0.5, 0.6) is 0 Å². The van der Waals surface area contributed by atoms with E-state index in [2.05, 4.69) is 35.2 Å². The van der Waals surface area contributed by atoms with Gasteiger partial charge in [-0.2, -0.15) is 0 Å². The Morgan fingerprint density at radius 2 is 2.24 bits per heavy atom. The average Bonchev–Trinajstić information content (AvgIpc) is 2.56. The number of nitrogens with one attached hydrogen (secondary N) is 1. The van der Waals surface area contributed by atoms with Crippen molar-refractivity contribution in [1.29, 1.82) is 0 Å². The van der Waals surface area contributed by atoms with Crippen LogP contribution < -0.4 is 16.0 Å². The smallest absolute Gasteiger partial charge is 0.255 e. The molecule has 0 saturated carbocycles. The molecular weight excluding hydrogens is 212 g/mol. The molecule has 88 valence electrons. The summed E-state index contributed by atoms with van der Waals surface area (Å²) in [5, 5.41) is 1.95. The molecule has 0 radical (unpaired) electrons. The van der Waals surface area contributed by atoms with Crippen LogP contribution >= 0.6 is 0 Å².